The Labute approximate surface area is 210 Å². The standard InChI is InChI=1S/C28H23F2N3O2S/c1-32-13-22(17-6-4-5-16(9-17)15-36-3)20(12-26(32)34)23-14-33(2)28(35)27-21(23)11-25(31-27)19-8-7-18(29)10-24(19)30/h4-14,31H,15H2,1-3H3/p+1. The molecule has 0 saturated carbocycles. The number of hydrogen-bond acceptors (Lipinski definition) is 2. The summed E-state index contributed by atoms with van der Waals surface area (Å²) in [5.74, 6) is -0.511. The molecule has 182 valence electrons. The van der Waals surface area contributed by atoms with E-state index in [-0.39, 0.29) is 22.2 Å². The van der Waals surface area contributed by atoms with Crippen LogP contribution in [0.1, 0.15) is 5.56 Å². The average Bonchev–Trinajstić information content (AvgIpc) is 3.29. The molecule has 0 unspecified atom stereocenters. The Hall–Kier alpha value is -3.91. The van der Waals surface area contributed by atoms with Gasteiger partial charge in [0.15, 0.2) is 0 Å². The number of rotatable bonds is 5. The first-order valence-electron chi connectivity index (χ1n) is 11.3. The molecule has 0 aliphatic heterocycles. The first-order chi connectivity index (χ1) is 17.3. The molecule has 36 heavy (non-hydrogen) atoms. The molecule has 3 aromatic heterocycles. The van der Waals surface area contributed by atoms with Gasteiger partial charge < -0.3 is 14.1 Å². The summed E-state index contributed by atoms with van der Waals surface area (Å²) in [6, 6.07) is 14.7. The van der Waals surface area contributed by atoms with E-state index in [2.05, 4.69) is 23.4 Å². The van der Waals surface area contributed by atoms with Gasteiger partial charge in [-0.1, -0.05) is 18.2 Å². The van der Waals surface area contributed by atoms with E-state index in [1.165, 1.54) is 38.6 Å². The number of aryl methyl sites for hydroxylation is 2. The van der Waals surface area contributed by atoms with Crippen LogP contribution in [-0.4, -0.2) is 20.4 Å². The van der Waals surface area contributed by atoms with Crippen molar-refractivity contribution in [3.63, 3.8) is 0 Å². The quantitative estimate of drug-likeness (QED) is 0.276. The van der Waals surface area contributed by atoms with E-state index >= 15 is 0 Å². The van der Waals surface area contributed by atoms with Crippen molar-refractivity contribution in [3.8, 4) is 33.5 Å². The molecule has 0 atom stereocenters. The average molecular weight is 505 g/mol. The van der Waals surface area contributed by atoms with Crippen molar-refractivity contribution in [1.82, 2.24) is 14.1 Å². The number of pyridine rings is 2. The number of halogens is 2. The van der Waals surface area contributed by atoms with Gasteiger partial charge in [0.25, 0.3) is 11.1 Å². The summed E-state index contributed by atoms with van der Waals surface area (Å²) in [5.41, 5.74) is 4.57. The van der Waals surface area contributed by atoms with E-state index < -0.39 is 11.6 Å². The van der Waals surface area contributed by atoms with E-state index in [9.17, 15) is 18.4 Å². The van der Waals surface area contributed by atoms with Gasteiger partial charge in [-0.05, 0) is 47.2 Å². The first-order valence-corrected chi connectivity index (χ1v) is 12.8. The van der Waals surface area contributed by atoms with Crippen molar-refractivity contribution >= 4 is 22.7 Å². The van der Waals surface area contributed by atoms with Crippen molar-refractivity contribution < 1.29 is 8.78 Å². The smallest absolute Gasteiger partial charge is 0.274 e. The molecule has 0 bridgehead atoms. The molecule has 0 amide bonds. The van der Waals surface area contributed by atoms with Crippen LogP contribution in [0.2, 0.25) is 0 Å². The summed E-state index contributed by atoms with van der Waals surface area (Å²) in [4.78, 5) is 28.8. The number of nitrogens with zero attached hydrogens (tertiary/aromatic N) is 2. The van der Waals surface area contributed by atoms with Gasteiger partial charge in [0.2, 0.25) is 0 Å². The lowest BCUT2D eigenvalue weighted by Crippen LogP contribution is -2.18. The van der Waals surface area contributed by atoms with Crippen LogP contribution in [0.3, 0.4) is 0 Å². The molecule has 8 heteroatoms. The van der Waals surface area contributed by atoms with E-state index in [0.29, 0.717) is 22.2 Å². The number of hydrogen-bond donors (Lipinski definition) is 1. The molecule has 0 radical (unpaired) electrons. The molecule has 3 heterocycles. The zero-order valence-corrected chi connectivity index (χ0v) is 20.9. The van der Waals surface area contributed by atoms with Crippen LogP contribution in [-0.2, 0) is 31.6 Å². The van der Waals surface area contributed by atoms with Gasteiger partial charge in [-0.2, -0.15) is 0 Å². The Balaban J connectivity index is 1.80. The molecule has 2 aromatic carbocycles. The second-order valence-electron chi connectivity index (χ2n) is 8.78. The van der Waals surface area contributed by atoms with Gasteiger partial charge in [-0.3, -0.25) is 9.59 Å². The van der Waals surface area contributed by atoms with Crippen LogP contribution in [0.4, 0.5) is 8.78 Å². The Kier molecular flexibility index (Phi) is 6.14. The van der Waals surface area contributed by atoms with Crippen LogP contribution >= 0.6 is 0 Å². The Morgan fingerprint density at radius 3 is 2.39 bits per heavy atom. The highest BCUT2D eigenvalue weighted by Crippen LogP contribution is 2.36. The third-order valence-electron chi connectivity index (χ3n) is 6.28. The van der Waals surface area contributed by atoms with Crippen molar-refractivity contribution in [1.29, 1.82) is 0 Å². The lowest BCUT2D eigenvalue weighted by atomic mass is 9.94. The zero-order chi connectivity index (χ0) is 25.6. The lowest BCUT2D eigenvalue weighted by Gasteiger charge is -2.14. The first kappa shape index (κ1) is 23.8. The highest BCUT2D eigenvalue weighted by atomic mass is 32.2. The van der Waals surface area contributed by atoms with Gasteiger partial charge in [0.1, 0.15) is 22.9 Å². The molecule has 1 N–H and O–H groups in total. The minimum Gasteiger partial charge on any atom is -0.350 e. The topological polar surface area (TPSA) is 59.8 Å². The van der Waals surface area contributed by atoms with E-state index in [4.69, 9.17) is 0 Å². The third-order valence-corrected chi connectivity index (χ3v) is 6.96. The highest BCUT2D eigenvalue weighted by Gasteiger charge is 2.19. The fourth-order valence-electron chi connectivity index (χ4n) is 4.50. The molecule has 0 fully saturated rings. The minimum absolute atomic E-state index is 0.149. The largest absolute Gasteiger partial charge is 0.350 e. The fourth-order valence-corrected chi connectivity index (χ4v) is 5.07. The number of fused-ring (bicyclic) bond motifs is 1. The predicted octanol–water partition coefficient (Wildman–Crippen LogP) is 4.79. The van der Waals surface area contributed by atoms with Gasteiger partial charge in [0.05, 0.1) is 6.26 Å². The molecule has 0 aliphatic rings. The molecule has 5 aromatic rings. The Morgan fingerprint density at radius 2 is 1.64 bits per heavy atom. The van der Waals surface area contributed by atoms with Gasteiger partial charge >= 0.3 is 0 Å². The summed E-state index contributed by atoms with van der Waals surface area (Å²) in [7, 11) is 3.33. The van der Waals surface area contributed by atoms with Crippen molar-refractivity contribution in [2.45, 2.75) is 5.75 Å². The number of benzene rings is 2. The second kappa shape index (κ2) is 9.28. The van der Waals surface area contributed by atoms with Crippen LogP contribution in [0.15, 0.2) is 76.6 Å². The molecule has 0 saturated heterocycles. The molecular formula is C28H24F2N3O2S+. The number of nitrogens with one attached hydrogen (secondary N) is 1. The predicted molar refractivity (Wildman–Crippen MR) is 143 cm³/mol. The fraction of sp³-hybridized carbons (Fsp3) is 0.143. The van der Waals surface area contributed by atoms with Crippen LogP contribution in [0, 0.1) is 11.6 Å². The molecule has 0 aliphatic carbocycles. The molecule has 5 rings (SSSR count). The maximum atomic E-state index is 14.6. The molecule has 0 spiro atoms. The van der Waals surface area contributed by atoms with Crippen LogP contribution in [0.25, 0.3) is 44.4 Å². The number of aromatic amines is 1. The van der Waals surface area contributed by atoms with Gasteiger partial charge in [-0.15, -0.1) is 0 Å². The summed E-state index contributed by atoms with van der Waals surface area (Å²) in [6.45, 7) is 0. The summed E-state index contributed by atoms with van der Waals surface area (Å²) in [5, 5.41) is 0.551. The van der Waals surface area contributed by atoms with Crippen LogP contribution < -0.4 is 11.1 Å². The van der Waals surface area contributed by atoms with Crippen molar-refractivity contribution in [3.05, 3.63) is 105 Å². The highest BCUT2D eigenvalue weighted by molar-refractivity contribution is 7.76. The van der Waals surface area contributed by atoms with Gasteiger partial charge in [-0.25, -0.2) is 8.78 Å². The van der Waals surface area contributed by atoms with E-state index in [1.54, 1.807) is 38.6 Å². The third kappa shape index (κ3) is 4.18. The number of thiol groups is 1. The lowest BCUT2D eigenvalue weighted by molar-refractivity contribution is 0.585. The van der Waals surface area contributed by atoms with E-state index in [1.807, 2.05) is 12.1 Å². The van der Waals surface area contributed by atoms with Crippen molar-refractivity contribution in [2.75, 3.05) is 6.26 Å². The monoisotopic (exact) mass is 504 g/mol. The number of aromatic nitrogens is 3. The molecule has 5 nitrogen and oxygen atoms in total. The summed E-state index contributed by atoms with van der Waals surface area (Å²) in [6.07, 6.45) is 5.58. The normalized spacial score (nSPS) is 11.4. The number of H-pyrrole nitrogens is 1. The van der Waals surface area contributed by atoms with Crippen molar-refractivity contribution in [2.24, 2.45) is 14.1 Å². The van der Waals surface area contributed by atoms with Gasteiger partial charge in [0, 0.05) is 72.0 Å². The Morgan fingerprint density at radius 1 is 0.861 bits per heavy atom. The zero-order valence-electron chi connectivity index (χ0n) is 20.0. The second-order valence-corrected chi connectivity index (χ2v) is 9.73. The van der Waals surface area contributed by atoms with Crippen LogP contribution in [0.5, 0.6) is 0 Å². The molecular weight excluding hydrogens is 480 g/mol. The summed E-state index contributed by atoms with van der Waals surface area (Å²) < 4.78 is 31.0. The Bertz CT molecular complexity index is 1750. The maximum absolute atomic E-state index is 14.6. The van der Waals surface area contributed by atoms with E-state index in [0.717, 1.165) is 22.9 Å². The minimum atomic E-state index is -0.735. The maximum Gasteiger partial charge on any atom is 0.274 e. The summed E-state index contributed by atoms with van der Waals surface area (Å²) >= 11 is 1.25. The SMILES string of the molecule is C[SH+]Cc1cccc(-c2cn(C)c(=O)cc2-c2cn(C)c(=O)c3[nH]c(-c4ccc(F)cc4F)cc23)c1.